The molecule has 1 aromatic heterocycles. The third-order valence-corrected chi connectivity index (χ3v) is 11.7. The molecule has 0 spiro atoms. The summed E-state index contributed by atoms with van der Waals surface area (Å²) >= 11 is 0. The zero-order chi connectivity index (χ0) is 41.1. The Morgan fingerprint density at radius 2 is 1.22 bits per heavy atom. The molecule has 3 aromatic rings. The van der Waals surface area contributed by atoms with Crippen LogP contribution in [0.2, 0.25) is 0 Å². The van der Waals surface area contributed by atoms with Gasteiger partial charge in [0.05, 0.1) is 40.9 Å². The summed E-state index contributed by atoms with van der Waals surface area (Å²) in [5.41, 5.74) is -1.36. The van der Waals surface area contributed by atoms with Gasteiger partial charge in [-0.05, 0) is 31.2 Å². The van der Waals surface area contributed by atoms with Gasteiger partial charge < -0.3 is 10.6 Å². The lowest BCUT2D eigenvalue weighted by atomic mass is 10.1. The highest BCUT2D eigenvalue weighted by atomic mass is 32.3. The van der Waals surface area contributed by atoms with Crippen LogP contribution in [0.3, 0.4) is 0 Å². The van der Waals surface area contributed by atoms with E-state index in [0.717, 1.165) is 6.07 Å². The Kier molecular flexibility index (Phi) is 13.4. The molecule has 0 aliphatic rings. The van der Waals surface area contributed by atoms with E-state index in [-0.39, 0.29) is 34.5 Å². The van der Waals surface area contributed by atoms with Crippen LogP contribution in [0.15, 0.2) is 49.2 Å². The van der Waals surface area contributed by atoms with Crippen LogP contribution in [0, 0.1) is 18.3 Å². The Morgan fingerprint density at radius 1 is 0.685 bits per heavy atom. The first-order valence-corrected chi connectivity index (χ1v) is 22.7. The highest BCUT2D eigenvalue weighted by Gasteiger charge is 2.26. The second-order valence-corrected chi connectivity index (χ2v) is 19.0. The average Bonchev–Trinajstić information content (AvgIpc) is 2.99. The Hall–Kier alpha value is -4.04. The van der Waals surface area contributed by atoms with Crippen LogP contribution >= 0.6 is 0 Å². The summed E-state index contributed by atoms with van der Waals surface area (Å²) in [5, 5.41) is 21.2. The summed E-state index contributed by atoms with van der Waals surface area (Å²) in [7, 11) is -29.9. The molecule has 1 heterocycles. The summed E-state index contributed by atoms with van der Waals surface area (Å²) in [6, 6.07) is 3.90. The highest BCUT2D eigenvalue weighted by molar-refractivity contribution is 7.91. The molecular weight excluding hydrogens is 857 g/mol. The molecule has 0 amide bonds. The maximum Gasteiger partial charge on any atom is 0.397 e. The average molecular weight is 883 g/mol. The standard InChI is InChI=1S/C23H26N6O19S6/c1-13-18(12-24)22(25-2-4-47-53(41,42)43)27-23(26-3-6-49(30,31)7-5-48-54(44,45)46)21(13)29-28-14-8-16-17(19(9-14)51(35,36)37)10-15(50(32,33)34)11-20(16)52(38,39)40/h8-11H,2-7H2,1H3,(H2,25,26,27)(H,32,33,34)(H,35,36,37)(H,38,39,40)(H,41,42,43)(H,44,45,46)/b29-28+. The SMILES string of the molecule is Cc1c(C#N)c(NCCOS(=O)(=O)O)nc(NCCS(=O)(=O)CCOS(=O)(=O)O)c1/N=N/c1cc(S(=O)(=O)O)c2cc(S(=O)(=O)O)cc(S(=O)(=O)O)c2c1. The molecule has 25 nitrogen and oxygen atoms in total. The number of nitriles is 1. The molecule has 298 valence electrons. The summed E-state index contributed by atoms with van der Waals surface area (Å²) < 4.78 is 196. The van der Waals surface area contributed by atoms with Crippen LogP contribution in [0.1, 0.15) is 11.1 Å². The van der Waals surface area contributed by atoms with Gasteiger partial charge in [0.1, 0.15) is 27.4 Å². The number of benzene rings is 2. The van der Waals surface area contributed by atoms with Crippen molar-refractivity contribution in [3.63, 3.8) is 0 Å². The van der Waals surface area contributed by atoms with E-state index in [4.69, 9.17) is 9.11 Å². The number of pyridine rings is 1. The summed E-state index contributed by atoms with van der Waals surface area (Å²) in [6.07, 6.45) is 0. The number of anilines is 2. The lowest BCUT2D eigenvalue weighted by Gasteiger charge is -2.16. The van der Waals surface area contributed by atoms with Gasteiger partial charge in [-0.3, -0.25) is 22.8 Å². The smallest absolute Gasteiger partial charge is 0.367 e. The fourth-order valence-corrected chi connectivity index (χ4v) is 8.01. The Labute approximate surface area is 307 Å². The van der Waals surface area contributed by atoms with Crippen molar-refractivity contribution in [3.8, 4) is 6.07 Å². The van der Waals surface area contributed by atoms with Crippen LogP contribution in [0.5, 0.6) is 0 Å². The number of sulfone groups is 1. The number of azo groups is 1. The van der Waals surface area contributed by atoms with E-state index in [1.165, 1.54) is 6.92 Å². The number of aromatic nitrogens is 1. The van der Waals surface area contributed by atoms with Crippen LogP contribution in [-0.2, 0) is 69.4 Å². The number of nitrogens with one attached hydrogen (secondary N) is 2. The number of hydrogen-bond donors (Lipinski definition) is 7. The van der Waals surface area contributed by atoms with E-state index in [9.17, 15) is 69.4 Å². The van der Waals surface area contributed by atoms with Crippen LogP contribution in [0.25, 0.3) is 10.8 Å². The Balaban J connectivity index is 2.20. The minimum absolute atomic E-state index is 0.0893. The van der Waals surface area contributed by atoms with Crippen molar-refractivity contribution in [2.75, 3.05) is 48.4 Å². The molecular formula is C23H26N6O19S6. The van der Waals surface area contributed by atoms with Gasteiger partial charge in [-0.2, -0.15) is 52.5 Å². The predicted octanol–water partition coefficient (Wildman–Crippen LogP) is 0.448. The maximum atomic E-state index is 12.4. The fraction of sp³-hybridized carbons (Fsp3) is 0.304. The summed E-state index contributed by atoms with van der Waals surface area (Å²) in [5.74, 6) is -2.27. The van der Waals surface area contributed by atoms with Crippen LogP contribution in [0.4, 0.5) is 23.0 Å². The molecule has 31 heteroatoms. The van der Waals surface area contributed by atoms with Gasteiger partial charge in [0.2, 0.25) is 0 Å². The normalized spacial score (nSPS) is 13.3. The van der Waals surface area contributed by atoms with E-state index >= 15 is 0 Å². The number of hydrogen-bond acceptors (Lipinski definition) is 20. The first-order chi connectivity index (χ1) is 24.5. The first kappa shape index (κ1) is 44.4. The monoisotopic (exact) mass is 882 g/mol. The zero-order valence-electron chi connectivity index (χ0n) is 26.7. The van der Waals surface area contributed by atoms with Gasteiger partial charge in [-0.15, -0.1) is 5.11 Å². The molecule has 0 aliphatic carbocycles. The third-order valence-electron chi connectivity index (χ3n) is 6.56. The van der Waals surface area contributed by atoms with Gasteiger partial charge in [-0.1, -0.05) is 0 Å². The minimum atomic E-state index is -5.38. The predicted molar refractivity (Wildman–Crippen MR) is 182 cm³/mol. The molecule has 0 saturated carbocycles. The molecule has 0 saturated heterocycles. The molecule has 54 heavy (non-hydrogen) atoms. The van der Waals surface area contributed by atoms with Crippen molar-refractivity contribution in [2.24, 2.45) is 10.2 Å². The molecule has 2 aromatic carbocycles. The molecule has 0 radical (unpaired) electrons. The van der Waals surface area contributed by atoms with Crippen molar-refractivity contribution >= 4 is 94.8 Å². The quantitative estimate of drug-likeness (QED) is 0.0518. The lowest BCUT2D eigenvalue weighted by Crippen LogP contribution is -2.22. The van der Waals surface area contributed by atoms with Crippen molar-refractivity contribution in [1.82, 2.24) is 4.98 Å². The van der Waals surface area contributed by atoms with Crippen molar-refractivity contribution in [1.29, 1.82) is 5.26 Å². The van der Waals surface area contributed by atoms with Crippen molar-refractivity contribution in [2.45, 2.75) is 21.6 Å². The van der Waals surface area contributed by atoms with Gasteiger partial charge in [0.15, 0.2) is 15.7 Å². The van der Waals surface area contributed by atoms with Crippen molar-refractivity contribution in [3.05, 3.63) is 35.4 Å². The zero-order valence-corrected chi connectivity index (χ0v) is 31.6. The molecule has 0 atom stereocenters. The highest BCUT2D eigenvalue weighted by Crippen LogP contribution is 2.38. The van der Waals surface area contributed by atoms with Crippen LogP contribution < -0.4 is 10.6 Å². The summed E-state index contributed by atoms with van der Waals surface area (Å²) in [6.45, 7) is -1.26. The number of fused-ring (bicyclic) bond motifs is 1. The van der Waals surface area contributed by atoms with Gasteiger partial charge in [0, 0.05) is 29.4 Å². The van der Waals surface area contributed by atoms with Gasteiger partial charge >= 0.3 is 20.8 Å². The molecule has 0 bridgehead atoms. The molecule has 0 unspecified atom stereocenters. The molecule has 0 fully saturated rings. The second-order valence-electron chi connectivity index (χ2n) is 10.4. The topological polar surface area (TPSA) is 410 Å². The van der Waals surface area contributed by atoms with Gasteiger partial charge in [-0.25, -0.2) is 21.8 Å². The lowest BCUT2D eigenvalue weighted by molar-refractivity contribution is 0.278. The number of rotatable bonds is 18. The van der Waals surface area contributed by atoms with Crippen LogP contribution in [-0.4, -0.2) is 116 Å². The van der Waals surface area contributed by atoms with Crippen molar-refractivity contribution < 1.29 is 81.6 Å². The number of nitrogens with zero attached hydrogens (tertiary/aromatic N) is 4. The molecule has 3 rings (SSSR count). The second kappa shape index (κ2) is 16.4. The third kappa shape index (κ3) is 12.5. The largest absolute Gasteiger partial charge is 0.397 e. The van der Waals surface area contributed by atoms with E-state index < -0.39 is 130 Å². The van der Waals surface area contributed by atoms with E-state index in [0.29, 0.717) is 12.1 Å². The fourth-order valence-electron chi connectivity index (χ4n) is 4.31. The maximum absolute atomic E-state index is 12.4. The first-order valence-electron chi connectivity index (χ1n) is 13.8. The van der Waals surface area contributed by atoms with E-state index in [2.05, 4.69) is 34.2 Å². The molecule has 0 aliphatic heterocycles. The Morgan fingerprint density at radius 3 is 1.76 bits per heavy atom. The minimum Gasteiger partial charge on any atom is -0.367 e. The van der Waals surface area contributed by atoms with E-state index in [1.54, 1.807) is 6.07 Å². The van der Waals surface area contributed by atoms with Gasteiger partial charge in [0.25, 0.3) is 30.4 Å². The molecule has 7 N–H and O–H groups in total. The Bertz CT molecular complexity index is 2730. The van der Waals surface area contributed by atoms with E-state index in [1.807, 2.05) is 0 Å². The summed E-state index contributed by atoms with van der Waals surface area (Å²) in [4.78, 5) is 0.511.